The van der Waals surface area contributed by atoms with Crippen LogP contribution in [0.5, 0.6) is 0 Å². The number of halogens is 1. The fourth-order valence-electron chi connectivity index (χ4n) is 2.29. The third-order valence-electron chi connectivity index (χ3n) is 3.29. The smallest absolute Gasteiger partial charge is 0.239 e. The van der Waals surface area contributed by atoms with E-state index in [0.717, 1.165) is 24.0 Å². The summed E-state index contributed by atoms with van der Waals surface area (Å²) in [5.74, 6) is -0.617. The molecule has 1 aromatic carbocycles. The van der Waals surface area contributed by atoms with Crippen LogP contribution in [0.3, 0.4) is 0 Å². The van der Waals surface area contributed by atoms with Crippen molar-refractivity contribution in [1.82, 2.24) is 10.6 Å². The van der Waals surface area contributed by atoms with Crippen molar-refractivity contribution in [3.63, 3.8) is 0 Å². The molecule has 0 unspecified atom stereocenters. The van der Waals surface area contributed by atoms with E-state index < -0.39 is 0 Å². The molecule has 0 saturated carbocycles. The van der Waals surface area contributed by atoms with Crippen LogP contribution >= 0.6 is 0 Å². The minimum Gasteiger partial charge on any atom is -0.348 e. The van der Waals surface area contributed by atoms with Gasteiger partial charge in [-0.15, -0.1) is 0 Å². The van der Waals surface area contributed by atoms with Gasteiger partial charge in [0, 0.05) is 6.42 Å². The van der Waals surface area contributed by atoms with E-state index in [2.05, 4.69) is 10.6 Å². The van der Waals surface area contributed by atoms with Crippen molar-refractivity contribution in [3.8, 4) is 0 Å². The molecule has 19 heavy (non-hydrogen) atoms. The van der Waals surface area contributed by atoms with Gasteiger partial charge in [0.15, 0.2) is 0 Å². The number of amides is 2. The van der Waals surface area contributed by atoms with E-state index in [1.807, 2.05) is 0 Å². The molecule has 0 heterocycles. The van der Waals surface area contributed by atoms with Gasteiger partial charge in [-0.2, -0.15) is 0 Å². The summed E-state index contributed by atoms with van der Waals surface area (Å²) in [6.07, 6.45) is 1.89. The highest BCUT2D eigenvalue weighted by molar-refractivity contribution is 5.84. The highest BCUT2D eigenvalue weighted by Gasteiger charge is 2.24. The van der Waals surface area contributed by atoms with Gasteiger partial charge in [0.05, 0.1) is 12.6 Å². The van der Waals surface area contributed by atoms with Crippen LogP contribution in [0.4, 0.5) is 4.39 Å². The maximum Gasteiger partial charge on any atom is 0.239 e. The fraction of sp³-hybridized carbons (Fsp3) is 0.429. The number of benzene rings is 1. The number of hydrogen-bond acceptors (Lipinski definition) is 2. The van der Waals surface area contributed by atoms with Crippen molar-refractivity contribution < 1.29 is 14.0 Å². The zero-order valence-corrected chi connectivity index (χ0v) is 10.8. The van der Waals surface area contributed by atoms with Crippen LogP contribution in [0.15, 0.2) is 18.2 Å². The number of fused-ring (bicyclic) bond motifs is 1. The summed E-state index contributed by atoms with van der Waals surface area (Å²) in [4.78, 5) is 22.8. The SMILES string of the molecule is CCC(=O)NCC(=O)N[C@@H]1CCc2cc(F)ccc21. The Morgan fingerprint density at radius 2 is 2.16 bits per heavy atom. The Labute approximate surface area is 111 Å². The molecule has 102 valence electrons. The van der Waals surface area contributed by atoms with Gasteiger partial charge in [-0.25, -0.2) is 4.39 Å². The first-order chi connectivity index (χ1) is 9.10. The van der Waals surface area contributed by atoms with Crippen molar-refractivity contribution in [1.29, 1.82) is 0 Å². The molecular formula is C14H17FN2O2. The zero-order chi connectivity index (χ0) is 13.8. The molecule has 0 aromatic heterocycles. The highest BCUT2D eigenvalue weighted by Crippen LogP contribution is 2.31. The molecule has 1 aliphatic rings. The average molecular weight is 264 g/mol. The van der Waals surface area contributed by atoms with E-state index >= 15 is 0 Å². The summed E-state index contributed by atoms with van der Waals surface area (Å²) in [5, 5.41) is 5.39. The number of carbonyl (C=O) groups excluding carboxylic acids is 2. The third kappa shape index (κ3) is 3.30. The largest absolute Gasteiger partial charge is 0.348 e. The quantitative estimate of drug-likeness (QED) is 0.865. The lowest BCUT2D eigenvalue weighted by Crippen LogP contribution is -2.37. The van der Waals surface area contributed by atoms with Crippen molar-refractivity contribution in [2.24, 2.45) is 0 Å². The number of rotatable bonds is 4. The van der Waals surface area contributed by atoms with E-state index in [1.54, 1.807) is 13.0 Å². The van der Waals surface area contributed by atoms with Crippen molar-refractivity contribution in [3.05, 3.63) is 35.1 Å². The maximum absolute atomic E-state index is 13.1. The van der Waals surface area contributed by atoms with Gasteiger partial charge in [-0.1, -0.05) is 13.0 Å². The predicted octanol–water partition coefficient (Wildman–Crippen LogP) is 1.46. The monoisotopic (exact) mass is 264 g/mol. The van der Waals surface area contributed by atoms with Gasteiger partial charge >= 0.3 is 0 Å². The lowest BCUT2D eigenvalue weighted by atomic mass is 10.1. The normalized spacial score (nSPS) is 16.8. The van der Waals surface area contributed by atoms with Crippen LogP contribution in [0.25, 0.3) is 0 Å². The molecule has 1 aromatic rings. The van der Waals surface area contributed by atoms with Crippen LogP contribution in [0.2, 0.25) is 0 Å². The molecule has 0 bridgehead atoms. The second kappa shape index (κ2) is 5.82. The van der Waals surface area contributed by atoms with Crippen molar-refractivity contribution in [2.45, 2.75) is 32.2 Å². The van der Waals surface area contributed by atoms with E-state index in [-0.39, 0.29) is 30.2 Å². The number of carbonyl (C=O) groups is 2. The van der Waals surface area contributed by atoms with Gasteiger partial charge in [-0.05, 0) is 36.1 Å². The van der Waals surface area contributed by atoms with Gasteiger partial charge in [-0.3, -0.25) is 9.59 Å². The van der Waals surface area contributed by atoms with Crippen LogP contribution in [-0.4, -0.2) is 18.4 Å². The minimum atomic E-state index is -0.249. The molecule has 4 nitrogen and oxygen atoms in total. The molecule has 0 fully saturated rings. The predicted molar refractivity (Wildman–Crippen MR) is 68.9 cm³/mol. The summed E-state index contributed by atoms with van der Waals surface area (Å²) in [7, 11) is 0. The first-order valence-electron chi connectivity index (χ1n) is 6.44. The minimum absolute atomic E-state index is 0.0142. The Morgan fingerprint density at radius 3 is 2.89 bits per heavy atom. The Kier molecular flexibility index (Phi) is 4.14. The molecule has 2 amide bonds. The Morgan fingerprint density at radius 1 is 1.37 bits per heavy atom. The molecule has 5 heteroatoms. The zero-order valence-electron chi connectivity index (χ0n) is 10.8. The molecule has 2 rings (SSSR count). The fourth-order valence-corrected chi connectivity index (χ4v) is 2.29. The second-order valence-electron chi connectivity index (χ2n) is 4.63. The number of nitrogens with one attached hydrogen (secondary N) is 2. The van der Waals surface area contributed by atoms with Gasteiger partial charge < -0.3 is 10.6 Å². The maximum atomic E-state index is 13.1. The summed E-state index contributed by atoms with van der Waals surface area (Å²) in [6.45, 7) is 1.72. The lowest BCUT2D eigenvalue weighted by molar-refractivity contribution is -0.126. The van der Waals surface area contributed by atoms with Gasteiger partial charge in [0.25, 0.3) is 0 Å². The summed E-state index contributed by atoms with van der Waals surface area (Å²) >= 11 is 0. The molecule has 0 spiro atoms. The van der Waals surface area contributed by atoms with E-state index in [4.69, 9.17) is 0 Å². The second-order valence-corrected chi connectivity index (χ2v) is 4.63. The third-order valence-corrected chi connectivity index (χ3v) is 3.29. The standard InChI is InChI=1S/C14H17FN2O2/c1-2-13(18)16-8-14(19)17-12-6-3-9-7-10(15)4-5-11(9)12/h4-5,7,12H,2-3,6,8H2,1H3,(H,16,18)(H,17,19)/t12-/m1/s1. The lowest BCUT2D eigenvalue weighted by Gasteiger charge is -2.14. The Balaban J connectivity index is 1.92. The highest BCUT2D eigenvalue weighted by atomic mass is 19.1. The summed E-state index contributed by atoms with van der Waals surface area (Å²) in [6, 6.07) is 4.55. The van der Waals surface area contributed by atoms with Gasteiger partial charge in [0.1, 0.15) is 5.82 Å². The van der Waals surface area contributed by atoms with E-state index in [1.165, 1.54) is 12.1 Å². The summed E-state index contributed by atoms with van der Waals surface area (Å²) < 4.78 is 13.1. The van der Waals surface area contributed by atoms with E-state index in [9.17, 15) is 14.0 Å². The van der Waals surface area contributed by atoms with Crippen molar-refractivity contribution >= 4 is 11.8 Å². The number of aryl methyl sites for hydroxylation is 1. The van der Waals surface area contributed by atoms with Crippen molar-refractivity contribution in [2.75, 3.05) is 6.54 Å². The molecule has 0 saturated heterocycles. The molecule has 0 radical (unpaired) electrons. The molecule has 2 N–H and O–H groups in total. The van der Waals surface area contributed by atoms with Crippen LogP contribution < -0.4 is 10.6 Å². The molecule has 1 atom stereocenters. The average Bonchev–Trinajstić information content (AvgIpc) is 2.78. The Bertz CT molecular complexity index is 502. The first kappa shape index (κ1) is 13.5. The molecule has 0 aliphatic heterocycles. The topological polar surface area (TPSA) is 58.2 Å². The van der Waals surface area contributed by atoms with Crippen LogP contribution in [0.1, 0.15) is 36.9 Å². The number of hydrogen-bond donors (Lipinski definition) is 2. The van der Waals surface area contributed by atoms with E-state index in [0.29, 0.717) is 6.42 Å². The molecule has 1 aliphatic carbocycles. The Hall–Kier alpha value is -1.91. The summed E-state index contributed by atoms with van der Waals surface area (Å²) in [5.41, 5.74) is 1.92. The van der Waals surface area contributed by atoms with Gasteiger partial charge in [0.2, 0.25) is 11.8 Å². The molecular weight excluding hydrogens is 247 g/mol. The first-order valence-corrected chi connectivity index (χ1v) is 6.44. The van der Waals surface area contributed by atoms with Crippen LogP contribution in [-0.2, 0) is 16.0 Å². The van der Waals surface area contributed by atoms with Crippen LogP contribution in [0, 0.1) is 5.82 Å².